The molecule has 2 saturated carbocycles. The largest absolute Gasteiger partial charge is 0.478 e. The van der Waals surface area contributed by atoms with Gasteiger partial charge in [-0.25, -0.2) is 4.79 Å². The van der Waals surface area contributed by atoms with E-state index in [1.54, 1.807) is 25.1 Å². The quantitative estimate of drug-likeness (QED) is 0.236. The molecule has 5 N–H and O–H groups in total. The molecule has 0 saturated heterocycles. The molecule has 3 aromatic rings. The summed E-state index contributed by atoms with van der Waals surface area (Å²) in [5.74, 6) is -1.05. The fourth-order valence-electron chi connectivity index (χ4n) is 5.31. The molecule has 0 aliphatic heterocycles. The fourth-order valence-corrected chi connectivity index (χ4v) is 5.31. The zero-order valence-corrected chi connectivity index (χ0v) is 25.2. The zero-order valence-electron chi connectivity index (χ0n) is 25.2. The van der Waals surface area contributed by atoms with Crippen molar-refractivity contribution < 1.29 is 19.5 Å². The number of amides is 2. The lowest BCUT2D eigenvalue weighted by Gasteiger charge is -2.37. The number of nitrogens with zero attached hydrogens (tertiary/aromatic N) is 1. The topological polar surface area (TPSA) is 125 Å². The summed E-state index contributed by atoms with van der Waals surface area (Å²) in [6.07, 6.45) is 9.81. The number of fused-ring (bicyclic) bond motifs is 1. The van der Waals surface area contributed by atoms with E-state index in [4.69, 9.17) is 10.8 Å². The summed E-state index contributed by atoms with van der Waals surface area (Å²) in [7, 11) is 3.54. The lowest BCUT2D eigenvalue weighted by Crippen LogP contribution is -2.54. The van der Waals surface area contributed by atoms with Crippen molar-refractivity contribution in [2.45, 2.75) is 75.0 Å². The maximum Gasteiger partial charge on any atom is 0.327 e. The molecule has 2 atom stereocenters. The Hall–Kier alpha value is -4.01. The summed E-state index contributed by atoms with van der Waals surface area (Å²) in [6.45, 7) is 0. The molecule has 0 spiro atoms. The molecule has 43 heavy (non-hydrogen) atoms. The van der Waals surface area contributed by atoms with Crippen molar-refractivity contribution in [1.29, 1.82) is 0 Å². The van der Waals surface area contributed by atoms with Gasteiger partial charge in [0.25, 0.3) is 0 Å². The zero-order chi connectivity index (χ0) is 30.8. The summed E-state index contributed by atoms with van der Waals surface area (Å²) in [5, 5.41) is 16.9. The van der Waals surface area contributed by atoms with Crippen LogP contribution in [0.25, 0.3) is 10.8 Å². The third-order valence-corrected chi connectivity index (χ3v) is 8.35. The molecule has 2 aliphatic rings. The van der Waals surface area contributed by atoms with Crippen molar-refractivity contribution in [3.8, 4) is 0 Å². The van der Waals surface area contributed by atoms with Crippen LogP contribution in [0.2, 0.25) is 0 Å². The molecule has 8 heteroatoms. The van der Waals surface area contributed by atoms with Crippen molar-refractivity contribution in [2.75, 3.05) is 14.1 Å². The van der Waals surface area contributed by atoms with Crippen molar-refractivity contribution >= 4 is 28.6 Å². The SMILES string of the molecule is CN[C@H](Cc1ccc2ccccc2c1)C(=O)N(C)[C@H](Cc1ccccc1)C(=O)NC1CC1.NC1(CC=CC(=O)O)CCC1. The Morgan fingerprint density at radius 2 is 1.65 bits per heavy atom. The molecule has 2 aliphatic carbocycles. The van der Waals surface area contributed by atoms with E-state index in [1.807, 2.05) is 42.5 Å². The number of carbonyl (C=O) groups is 3. The van der Waals surface area contributed by atoms with E-state index in [9.17, 15) is 14.4 Å². The first-order chi connectivity index (χ1) is 20.7. The van der Waals surface area contributed by atoms with Crippen molar-refractivity contribution in [3.05, 3.63) is 96.1 Å². The van der Waals surface area contributed by atoms with Gasteiger partial charge in [0.05, 0.1) is 6.04 Å². The first-order valence-corrected chi connectivity index (χ1v) is 15.1. The highest BCUT2D eigenvalue weighted by atomic mass is 16.4. The van der Waals surface area contributed by atoms with Gasteiger partial charge in [-0.05, 0) is 73.9 Å². The van der Waals surface area contributed by atoms with Crippen LogP contribution < -0.4 is 16.4 Å². The Bertz CT molecular complexity index is 1420. The van der Waals surface area contributed by atoms with Crippen LogP contribution in [-0.4, -0.2) is 65.5 Å². The Morgan fingerprint density at radius 1 is 0.977 bits per heavy atom. The molecule has 2 fully saturated rings. The molecular weight excluding hydrogens is 540 g/mol. The van der Waals surface area contributed by atoms with Crippen LogP contribution in [0.5, 0.6) is 0 Å². The van der Waals surface area contributed by atoms with E-state index in [-0.39, 0.29) is 23.4 Å². The number of likely N-dealkylation sites (N-methyl/N-ethyl adjacent to an activating group) is 2. The second-order valence-corrected chi connectivity index (χ2v) is 11.8. The lowest BCUT2D eigenvalue weighted by molar-refractivity contribution is -0.140. The standard InChI is InChI=1S/C27H31N3O2.C8H13NO2/c1-28-24(17-20-12-13-21-10-6-7-11-22(21)16-20)27(32)30(2)25(26(31)29-23-14-15-23)18-19-8-4-3-5-9-19;9-8(5-2-6-8)4-1-3-7(10)11/h3-13,16,23-25,28H,14-15,17-18H2,1-2H3,(H,29,31);1,3H,2,4-6,9H2,(H,10,11)/t24-,25-;/m1./s1. The normalized spacial score (nSPS) is 16.8. The van der Waals surface area contributed by atoms with Crippen molar-refractivity contribution in [1.82, 2.24) is 15.5 Å². The number of carbonyl (C=O) groups excluding carboxylic acids is 2. The number of rotatable bonds is 12. The summed E-state index contributed by atoms with van der Waals surface area (Å²) >= 11 is 0. The Kier molecular flexibility index (Phi) is 11.1. The van der Waals surface area contributed by atoms with Gasteiger partial charge >= 0.3 is 5.97 Å². The molecular formula is C35H44N4O4. The number of nitrogens with two attached hydrogens (primary N) is 1. The first-order valence-electron chi connectivity index (χ1n) is 15.1. The smallest absolute Gasteiger partial charge is 0.327 e. The van der Waals surface area contributed by atoms with E-state index < -0.39 is 18.1 Å². The average Bonchev–Trinajstić information content (AvgIpc) is 3.81. The first kappa shape index (κ1) is 31.9. The van der Waals surface area contributed by atoms with Gasteiger partial charge in [0.1, 0.15) is 6.04 Å². The minimum Gasteiger partial charge on any atom is -0.478 e. The highest BCUT2D eigenvalue weighted by molar-refractivity contribution is 5.90. The minimum absolute atomic E-state index is 0.0761. The maximum absolute atomic E-state index is 13.5. The van der Waals surface area contributed by atoms with Crippen LogP contribution in [0.4, 0.5) is 0 Å². The monoisotopic (exact) mass is 584 g/mol. The molecule has 5 rings (SSSR count). The molecule has 0 heterocycles. The van der Waals surface area contributed by atoms with E-state index in [0.717, 1.165) is 48.3 Å². The molecule has 0 bridgehead atoms. The second-order valence-electron chi connectivity index (χ2n) is 11.8. The van der Waals surface area contributed by atoms with Gasteiger partial charge in [-0.3, -0.25) is 9.59 Å². The van der Waals surface area contributed by atoms with Crippen molar-refractivity contribution in [2.24, 2.45) is 5.73 Å². The Morgan fingerprint density at radius 3 is 2.26 bits per heavy atom. The molecule has 8 nitrogen and oxygen atoms in total. The van der Waals surface area contributed by atoms with E-state index in [0.29, 0.717) is 19.3 Å². The molecule has 2 amide bonds. The van der Waals surface area contributed by atoms with Gasteiger partial charge < -0.3 is 26.4 Å². The second kappa shape index (κ2) is 14.9. The minimum atomic E-state index is -0.895. The van der Waals surface area contributed by atoms with Crippen molar-refractivity contribution in [3.63, 3.8) is 0 Å². The summed E-state index contributed by atoms with van der Waals surface area (Å²) in [5.41, 5.74) is 7.88. The number of hydrogen-bond acceptors (Lipinski definition) is 5. The van der Waals surface area contributed by atoms with Crippen LogP contribution in [-0.2, 0) is 27.2 Å². The highest BCUT2D eigenvalue weighted by Gasteiger charge is 2.34. The van der Waals surface area contributed by atoms with Gasteiger partial charge in [-0.15, -0.1) is 0 Å². The van der Waals surface area contributed by atoms with Crippen LogP contribution in [0, 0.1) is 0 Å². The summed E-state index contributed by atoms with van der Waals surface area (Å²) in [6, 6.07) is 23.7. The summed E-state index contributed by atoms with van der Waals surface area (Å²) < 4.78 is 0. The summed E-state index contributed by atoms with van der Waals surface area (Å²) in [4.78, 5) is 38.2. The average molecular weight is 585 g/mol. The van der Waals surface area contributed by atoms with Crippen LogP contribution >= 0.6 is 0 Å². The molecule has 0 unspecified atom stereocenters. The molecule has 0 radical (unpaired) electrons. The van der Waals surface area contributed by atoms with Crippen LogP contribution in [0.1, 0.15) is 49.7 Å². The molecule has 3 aromatic carbocycles. The van der Waals surface area contributed by atoms with Gasteiger partial charge in [0.2, 0.25) is 11.8 Å². The third kappa shape index (κ3) is 9.49. The number of aliphatic carboxylic acids is 1. The Labute approximate surface area is 254 Å². The fraction of sp³-hybridized carbons (Fsp3) is 0.400. The predicted molar refractivity (Wildman–Crippen MR) is 171 cm³/mol. The van der Waals surface area contributed by atoms with Gasteiger partial charge in [-0.2, -0.15) is 0 Å². The van der Waals surface area contributed by atoms with Gasteiger partial charge in [0.15, 0.2) is 0 Å². The van der Waals surface area contributed by atoms with Crippen LogP contribution in [0.15, 0.2) is 84.9 Å². The predicted octanol–water partition coefficient (Wildman–Crippen LogP) is 4.22. The number of carboxylic acids is 1. The van der Waals surface area contributed by atoms with E-state index in [1.165, 1.54) is 11.8 Å². The number of hydrogen-bond donors (Lipinski definition) is 4. The molecule has 0 aromatic heterocycles. The van der Waals surface area contributed by atoms with E-state index in [2.05, 4.69) is 41.0 Å². The highest BCUT2D eigenvalue weighted by Crippen LogP contribution is 2.32. The molecule has 228 valence electrons. The number of carboxylic acid groups (broad SMARTS) is 1. The Balaban J connectivity index is 0.000000324. The third-order valence-electron chi connectivity index (χ3n) is 8.35. The number of benzene rings is 3. The number of nitrogens with one attached hydrogen (secondary N) is 2. The van der Waals surface area contributed by atoms with Crippen LogP contribution in [0.3, 0.4) is 0 Å². The van der Waals surface area contributed by atoms with E-state index >= 15 is 0 Å². The van der Waals surface area contributed by atoms with Gasteiger partial charge in [-0.1, -0.05) is 78.9 Å². The lowest BCUT2D eigenvalue weighted by atomic mass is 9.75. The maximum atomic E-state index is 13.5. The van der Waals surface area contributed by atoms with Gasteiger partial charge in [0, 0.05) is 31.1 Å².